The second kappa shape index (κ2) is 19.9. The molecule has 2 rings (SSSR count). The van der Waals surface area contributed by atoms with Crippen molar-refractivity contribution in [2.75, 3.05) is 66.1 Å². The standard InChI is InChI=1S/C28H35NO10S/c1-21(29-39-22(2)31)27(32)23-3-7-25(8-4-23)40-26-9-5-24(6-10-26)28(33)38-20-19-37-18-17-36-16-15-35-14-13-34-12-11-30/h3-10,30H,11-20H2,1-2H3. The number of ether oxygens (including phenoxy) is 5. The first kappa shape index (κ1) is 33.1. The molecule has 0 unspecified atom stereocenters. The van der Waals surface area contributed by atoms with Crippen molar-refractivity contribution in [3.05, 3.63) is 59.7 Å². The largest absolute Gasteiger partial charge is 0.460 e. The first-order valence-corrected chi connectivity index (χ1v) is 13.5. The first-order chi connectivity index (χ1) is 19.4. The predicted molar refractivity (Wildman–Crippen MR) is 147 cm³/mol. The molecule has 0 saturated carbocycles. The summed E-state index contributed by atoms with van der Waals surface area (Å²) >= 11 is 1.47. The SMILES string of the molecule is CC(=O)ON=C(C)C(=O)c1ccc(Sc2ccc(C(=O)OCCOCCOCCOCCOCCO)cc2)cc1. The molecular formula is C28H35NO10S. The number of Topliss-reactive ketones (excluding diaryl/α,β-unsaturated/α-hetero) is 1. The van der Waals surface area contributed by atoms with Crippen molar-refractivity contribution in [2.45, 2.75) is 23.6 Å². The normalized spacial score (nSPS) is 11.3. The van der Waals surface area contributed by atoms with Gasteiger partial charge >= 0.3 is 11.9 Å². The number of hydrogen-bond donors (Lipinski definition) is 1. The second-order valence-corrected chi connectivity index (χ2v) is 9.20. The Labute approximate surface area is 237 Å². The van der Waals surface area contributed by atoms with E-state index >= 15 is 0 Å². The fraction of sp³-hybridized carbons (Fsp3) is 0.429. The zero-order valence-corrected chi connectivity index (χ0v) is 23.5. The Morgan fingerprint density at radius 2 is 1.12 bits per heavy atom. The molecule has 11 nitrogen and oxygen atoms in total. The highest BCUT2D eigenvalue weighted by Crippen LogP contribution is 2.28. The van der Waals surface area contributed by atoms with Gasteiger partial charge in [-0.3, -0.25) is 4.79 Å². The van der Waals surface area contributed by atoms with Crippen molar-refractivity contribution in [3.63, 3.8) is 0 Å². The van der Waals surface area contributed by atoms with Crippen LogP contribution in [0.5, 0.6) is 0 Å². The van der Waals surface area contributed by atoms with Crippen molar-refractivity contribution < 1.29 is 48.0 Å². The molecule has 1 N–H and O–H groups in total. The summed E-state index contributed by atoms with van der Waals surface area (Å²) in [5.74, 6) is -1.37. The molecule has 0 heterocycles. The average Bonchev–Trinajstić information content (AvgIpc) is 2.96. The Hall–Kier alpha value is -3.13. The second-order valence-electron chi connectivity index (χ2n) is 8.05. The minimum atomic E-state index is -0.596. The zero-order chi connectivity index (χ0) is 29.0. The highest BCUT2D eigenvalue weighted by atomic mass is 32.2. The summed E-state index contributed by atoms with van der Waals surface area (Å²) in [6, 6.07) is 14.0. The molecule has 12 heteroatoms. The van der Waals surface area contributed by atoms with E-state index in [1.165, 1.54) is 25.6 Å². The molecule has 0 atom stereocenters. The maximum absolute atomic E-state index is 12.3. The van der Waals surface area contributed by atoms with Crippen LogP contribution in [-0.4, -0.2) is 94.6 Å². The maximum Gasteiger partial charge on any atom is 0.338 e. The van der Waals surface area contributed by atoms with Crippen LogP contribution >= 0.6 is 11.8 Å². The van der Waals surface area contributed by atoms with E-state index in [-0.39, 0.29) is 31.3 Å². The van der Waals surface area contributed by atoms with Crippen LogP contribution in [0.3, 0.4) is 0 Å². The van der Waals surface area contributed by atoms with E-state index in [9.17, 15) is 14.4 Å². The van der Waals surface area contributed by atoms with Crippen molar-refractivity contribution in [1.29, 1.82) is 0 Å². The van der Waals surface area contributed by atoms with Crippen LogP contribution in [0, 0.1) is 0 Å². The molecule has 0 fully saturated rings. The van der Waals surface area contributed by atoms with Gasteiger partial charge in [0.2, 0.25) is 5.78 Å². The third-order valence-corrected chi connectivity index (χ3v) is 5.91. The quantitative estimate of drug-likeness (QED) is 0.0620. The van der Waals surface area contributed by atoms with E-state index < -0.39 is 11.9 Å². The van der Waals surface area contributed by atoms with Crippen molar-refractivity contribution in [1.82, 2.24) is 0 Å². The Morgan fingerprint density at radius 1 is 0.675 bits per heavy atom. The van der Waals surface area contributed by atoms with Gasteiger partial charge in [0.15, 0.2) is 0 Å². The van der Waals surface area contributed by atoms with Crippen molar-refractivity contribution in [3.8, 4) is 0 Å². The summed E-state index contributed by atoms with van der Waals surface area (Å²) in [6.45, 7) is 5.92. The lowest BCUT2D eigenvalue weighted by molar-refractivity contribution is -0.140. The fourth-order valence-electron chi connectivity index (χ4n) is 2.96. The molecule has 0 aromatic heterocycles. The number of rotatable bonds is 20. The van der Waals surface area contributed by atoms with Gasteiger partial charge in [-0.25, -0.2) is 9.59 Å². The molecule has 0 aliphatic heterocycles. The van der Waals surface area contributed by atoms with Crippen LogP contribution < -0.4 is 0 Å². The number of aliphatic hydroxyl groups is 1. The van der Waals surface area contributed by atoms with Gasteiger partial charge in [0.1, 0.15) is 12.3 Å². The number of carbonyl (C=O) groups excluding carboxylic acids is 3. The summed E-state index contributed by atoms with van der Waals surface area (Å²) in [4.78, 5) is 41.8. The summed E-state index contributed by atoms with van der Waals surface area (Å²) in [5.41, 5.74) is 0.933. The van der Waals surface area contributed by atoms with Gasteiger partial charge in [0, 0.05) is 22.3 Å². The van der Waals surface area contributed by atoms with Gasteiger partial charge in [-0.2, -0.15) is 0 Å². The number of esters is 1. The van der Waals surface area contributed by atoms with Gasteiger partial charge in [-0.05, 0) is 55.5 Å². The van der Waals surface area contributed by atoms with Crippen LogP contribution in [-0.2, 0) is 33.3 Å². The smallest absolute Gasteiger partial charge is 0.338 e. The van der Waals surface area contributed by atoms with Gasteiger partial charge in [0.25, 0.3) is 0 Å². The summed E-state index contributed by atoms with van der Waals surface area (Å²) in [7, 11) is 0. The minimum Gasteiger partial charge on any atom is -0.460 e. The van der Waals surface area contributed by atoms with Gasteiger partial charge < -0.3 is 33.6 Å². The lowest BCUT2D eigenvalue weighted by atomic mass is 10.1. The Kier molecular flexibility index (Phi) is 16.4. The molecule has 40 heavy (non-hydrogen) atoms. The van der Waals surface area contributed by atoms with Gasteiger partial charge in [-0.1, -0.05) is 16.9 Å². The van der Waals surface area contributed by atoms with Gasteiger partial charge in [-0.15, -0.1) is 0 Å². The number of carbonyl (C=O) groups is 3. The number of benzene rings is 2. The molecule has 0 amide bonds. The third-order valence-electron chi connectivity index (χ3n) is 4.89. The van der Waals surface area contributed by atoms with Crippen molar-refractivity contribution >= 4 is 35.2 Å². The Morgan fingerprint density at radius 3 is 1.60 bits per heavy atom. The topological polar surface area (TPSA) is 139 Å². The number of aliphatic hydroxyl groups excluding tert-OH is 1. The van der Waals surface area contributed by atoms with Crippen LogP contribution in [0.25, 0.3) is 0 Å². The Bertz CT molecular complexity index is 1070. The molecule has 0 spiro atoms. The molecule has 0 aliphatic carbocycles. The molecule has 218 valence electrons. The van der Waals surface area contributed by atoms with E-state index in [0.717, 1.165) is 9.79 Å². The molecule has 0 aliphatic rings. The number of hydrogen-bond acceptors (Lipinski definition) is 12. The summed E-state index contributed by atoms with van der Waals surface area (Å²) < 4.78 is 26.4. The maximum atomic E-state index is 12.3. The zero-order valence-electron chi connectivity index (χ0n) is 22.7. The third kappa shape index (κ3) is 13.8. The van der Waals surface area contributed by atoms with Crippen LogP contribution in [0.2, 0.25) is 0 Å². The summed E-state index contributed by atoms with van der Waals surface area (Å²) in [6.07, 6.45) is 0. The molecule has 0 radical (unpaired) electrons. The Balaban J connectivity index is 1.61. The number of ketones is 1. The number of nitrogens with zero attached hydrogens (tertiary/aromatic N) is 1. The molecular weight excluding hydrogens is 542 g/mol. The minimum absolute atomic E-state index is 0.00115. The van der Waals surface area contributed by atoms with Crippen LogP contribution in [0.1, 0.15) is 34.6 Å². The summed E-state index contributed by atoms with van der Waals surface area (Å²) in [5, 5.41) is 12.1. The van der Waals surface area contributed by atoms with Gasteiger partial charge in [0.05, 0.1) is 65.0 Å². The van der Waals surface area contributed by atoms with E-state index in [4.69, 9.17) is 28.8 Å². The van der Waals surface area contributed by atoms with Crippen LogP contribution in [0.4, 0.5) is 0 Å². The number of oxime groups is 1. The lowest BCUT2D eigenvalue weighted by Crippen LogP contribution is -2.14. The average molecular weight is 578 g/mol. The van der Waals surface area contributed by atoms with Crippen molar-refractivity contribution in [2.24, 2.45) is 5.16 Å². The van der Waals surface area contributed by atoms with E-state index in [1.54, 1.807) is 36.4 Å². The predicted octanol–water partition coefficient (Wildman–Crippen LogP) is 3.18. The highest BCUT2D eigenvalue weighted by Gasteiger charge is 2.12. The molecule has 2 aromatic rings. The van der Waals surface area contributed by atoms with E-state index in [1.807, 2.05) is 12.1 Å². The lowest BCUT2D eigenvalue weighted by Gasteiger charge is -2.08. The van der Waals surface area contributed by atoms with E-state index in [0.29, 0.717) is 57.4 Å². The monoisotopic (exact) mass is 577 g/mol. The first-order valence-electron chi connectivity index (χ1n) is 12.6. The van der Waals surface area contributed by atoms with Crippen LogP contribution in [0.15, 0.2) is 63.5 Å². The fourth-order valence-corrected chi connectivity index (χ4v) is 3.77. The molecule has 0 saturated heterocycles. The molecule has 0 bridgehead atoms. The van der Waals surface area contributed by atoms with E-state index in [2.05, 4.69) is 9.99 Å². The molecule has 2 aromatic carbocycles. The highest BCUT2D eigenvalue weighted by molar-refractivity contribution is 7.99.